The fourth-order valence-corrected chi connectivity index (χ4v) is 5.79. The van der Waals surface area contributed by atoms with Crippen molar-refractivity contribution in [2.45, 2.75) is 57.6 Å². The molecule has 2 aromatic carbocycles. The number of hydrogen-bond acceptors (Lipinski definition) is 4. The van der Waals surface area contributed by atoms with E-state index in [0.29, 0.717) is 13.0 Å². The Hall–Kier alpha value is -2.79. The van der Waals surface area contributed by atoms with E-state index in [4.69, 9.17) is 4.74 Å². The van der Waals surface area contributed by atoms with Crippen LogP contribution in [0.3, 0.4) is 0 Å². The van der Waals surface area contributed by atoms with Crippen LogP contribution in [0.5, 0.6) is 5.75 Å². The summed E-state index contributed by atoms with van der Waals surface area (Å²) >= 11 is 0. The summed E-state index contributed by atoms with van der Waals surface area (Å²) in [5, 5.41) is 11.5. The minimum atomic E-state index is -0.684. The standard InChI is InChI=1S/C29H38N2O3/c1-4-30(5-2)24-14-12-23(13-15-24)28-26-8-6-7-19-29(26,33)20-21-31(28)27(32)18-11-22-9-16-25(34-3)17-10-22/h9-18,26,28,33H,4-8,19-21H2,1-3H3/t26-,28-,29+/m1/s1. The maximum atomic E-state index is 13.4. The van der Waals surface area contributed by atoms with Crippen LogP contribution in [0.2, 0.25) is 0 Å². The van der Waals surface area contributed by atoms with Gasteiger partial charge in [-0.25, -0.2) is 0 Å². The molecule has 3 atom stereocenters. The van der Waals surface area contributed by atoms with E-state index in [1.165, 1.54) is 5.69 Å². The monoisotopic (exact) mass is 462 g/mol. The molecule has 1 N–H and O–H groups in total. The summed E-state index contributed by atoms with van der Waals surface area (Å²) < 4.78 is 5.22. The third-order valence-electron chi connectivity index (χ3n) is 7.75. The number of carbonyl (C=O) groups excluding carboxylic acids is 1. The van der Waals surface area contributed by atoms with Gasteiger partial charge in [0.25, 0.3) is 0 Å². The van der Waals surface area contributed by atoms with Crippen molar-refractivity contribution in [3.05, 3.63) is 65.7 Å². The molecule has 2 aliphatic rings. The van der Waals surface area contributed by atoms with Crippen LogP contribution >= 0.6 is 0 Å². The summed E-state index contributed by atoms with van der Waals surface area (Å²) in [5.74, 6) is 0.859. The molecule has 1 aliphatic carbocycles. The number of likely N-dealkylation sites (tertiary alicyclic amines) is 1. The molecule has 1 saturated carbocycles. The van der Waals surface area contributed by atoms with Gasteiger partial charge in [-0.2, -0.15) is 0 Å². The summed E-state index contributed by atoms with van der Waals surface area (Å²) in [6, 6.07) is 16.2. The van der Waals surface area contributed by atoms with E-state index in [-0.39, 0.29) is 17.9 Å². The van der Waals surface area contributed by atoms with Gasteiger partial charge in [-0.1, -0.05) is 37.1 Å². The highest BCUT2D eigenvalue weighted by Crippen LogP contribution is 2.49. The molecule has 1 saturated heterocycles. The maximum absolute atomic E-state index is 13.4. The fraction of sp³-hybridized carbons (Fsp3) is 0.483. The quantitative estimate of drug-likeness (QED) is 0.556. The lowest BCUT2D eigenvalue weighted by Gasteiger charge is -2.52. The number of nitrogens with zero attached hydrogens (tertiary/aromatic N) is 2. The molecule has 1 aliphatic heterocycles. The zero-order chi connectivity index (χ0) is 24.1. The van der Waals surface area contributed by atoms with Crippen molar-refractivity contribution in [1.29, 1.82) is 0 Å². The number of rotatable bonds is 7. The Morgan fingerprint density at radius 3 is 2.44 bits per heavy atom. The second-order valence-electron chi connectivity index (χ2n) is 9.55. The SMILES string of the molecule is CCN(CC)c1ccc([C@@H]2[C@H]3CCCC[C@]3(O)CCN2C(=O)C=Cc2ccc(OC)cc2)cc1. The van der Waals surface area contributed by atoms with Crippen LogP contribution in [-0.4, -0.2) is 48.3 Å². The summed E-state index contributed by atoms with van der Waals surface area (Å²) in [6.07, 6.45) is 8.13. The third kappa shape index (κ3) is 5.00. The van der Waals surface area contributed by atoms with Crippen molar-refractivity contribution in [3.8, 4) is 5.75 Å². The van der Waals surface area contributed by atoms with Gasteiger partial charge in [0.15, 0.2) is 0 Å². The van der Waals surface area contributed by atoms with Crippen molar-refractivity contribution in [3.63, 3.8) is 0 Å². The lowest BCUT2D eigenvalue weighted by Crippen LogP contribution is -2.56. The molecule has 0 unspecified atom stereocenters. The highest BCUT2D eigenvalue weighted by Gasteiger charge is 2.49. The van der Waals surface area contributed by atoms with Gasteiger partial charge < -0.3 is 19.6 Å². The number of anilines is 1. The highest BCUT2D eigenvalue weighted by atomic mass is 16.5. The van der Waals surface area contributed by atoms with E-state index in [0.717, 1.165) is 55.6 Å². The van der Waals surface area contributed by atoms with Crippen LogP contribution in [-0.2, 0) is 4.79 Å². The van der Waals surface area contributed by atoms with Crippen molar-refractivity contribution >= 4 is 17.7 Å². The topological polar surface area (TPSA) is 53.0 Å². The molecule has 2 fully saturated rings. The van der Waals surface area contributed by atoms with Crippen LogP contribution in [0, 0.1) is 5.92 Å². The fourth-order valence-electron chi connectivity index (χ4n) is 5.79. The molecule has 4 rings (SSSR count). The van der Waals surface area contributed by atoms with Crippen molar-refractivity contribution in [2.75, 3.05) is 31.6 Å². The average molecular weight is 463 g/mol. The van der Waals surface area contributed by atoms with Gasteiger partial charge >= 0.3 is 0 Å². The number of piperidine rings is 1. The van der Waals surface area contributed by atoms with E-state index in [9.17, 15) is 9.90 Å². The number of carbonyl (C=O) groups is 1. The molecule has 0 aromatic heterocycles. The molecule has 34 heavy (non-hydrogen) atoms. The Bertz CT molecular complexity index is 981. The Labute approximate surface area is 204 Å². The number of amides is 1. The molecule has 2 aromatic rings. The van der Waals surface area contributed by atoms with Crippen LogP contribution in [0.15, 0.2) is 54.6 Å². The minimum absolute atomic E-state index is 0.00117. The first-order valence-corrected chi connectivity index (χ1v) is 12.7. The summed E-state index contributed by atoms with van der Waals surface area (Å²) in [6.45, 7) is 6.82. The summed E-state index contributed by atoms with van der Waals surface area (Å²) in [7, 11) is 1.64. The minimum Gasteiger partial charge on any atom is -0.497 e. The second-order valence-corrected chi connectivity index (χ2v) is 9.55. The van der Waals surface area contributed by atoms with Crippen LogP contribution < -0.4 is 9.64 Å². The predicted molar refractivity (Wildman–Crippen MR) is 138 cm³/mol. The van der Waals surface area contributed by atoms with Crippen LogP contribution in [0.25, 0.3) is 6.08 Å². The largest absolute Gasteiger partial charge is 0.497 e. The number of ether oxygens (including phenoxy) is 1. The van der Waals surface area contributed by atoms with E-state index in [1.54, 1.807) is 13.2 Å². The van der Waals surface area contributed by atoms with Crippen molar-refractivity contribution in [2.24, 2.45) is 5.92 Å². The second kappa shape index (κ2) is 10.6. The Morgan fingerprint density at radius 1 is 1.09 bits per heavy atom. The van der Waals surface area contributed by atoms with E-state index < -0.39 is 5.60 Å². The number of aliphatic hydroxyl groups is 1. The first-order valence-electron chi connectivity index (χ1n) is 12.7. The van der Waals surface area contributed by atoms with E-state index >= 15 is 0 Å². The number of hydrogen-bond donors (Lipinski definition) is 1. The number of fused-ring (bicyclic) bond motifs is 1. The lowest BCUT2D eigenvalue weighted by molar-refractivity contribution is -0.150. The summed E-state index contributed by atoms with van der Waals surface area (Å²) in [4.78, 5) is 17.8. The first kappa shape index (κ1) is 24.3. The van der Waals surface area contributed by atoms with Crippen LogP contribution in [0.4, 0.5) is 5.69 Å². The zero-order valence-electron chi connectivity index (χ0n) is 20.7. The molecular weight excluding hydrogens is 424 g/mol. The van der Waals surface area contributed by atoms with Gasteiger partial charge in [0.1, 0.15) is 5.75 Å². The van der Waals surface area contributed by atoms with Gasteiger partial charge in [0.05, 0.1) is 18.8 Å². The molecule has 0 radical (unpaired) electrons. The Morgan fingerprint density at radius 2 is 1.79 bits per heavy atom. The smallest absolute Gasteiger partial charge is 0.247 e. The predicted octanol–water partition coefficient (Wildman–Crippen LogP) is 5.45. The van der Waals surface area contributed by atoms with Gasteiger partial charge in [0.2, 0.25) is 5.91 Å². The molecule has 0 bridgehead atoms. The number of benzene rings is 2. The van der Waals surface area contributed by atoms with Gasteiger partial charge in [-0.05, 0) is 74.6 Å². The zero-order valence-corrected chi connectivity index (χ0v) is 20.7. The van der Waals surface area contributed by atoms with Crippen LogP contribution in [0.1, 0.15) is 63.1 Å². The molecule has 0 spiro atoms. The lowest BCUT2D eigenvalue weighted by atomic mass is 9.66. The van der Waals surface area contributed by atoms with E-state index in [1.807, 2.05) is 35.2 Å². The van der Waals surface area contributed by atoms with Crippen molar-refractivity contribution in [1.82, 2.24) is 4.90 Å². The van der Waals surface area contributed by atoms with Gasteiger partial charge in [-0.15, -0.1) is 0 Å². The molecule has 1 heterocycles. The van der Waals surface area contributed by atoms with Gasteiger partial charge in [0, 0.05) is 37.3 Å². The molecule has 1 amide bonds. The average Bonchev–Trinajstić information content (AvgIpc) is 2.88. The molecule has 5 heteroatoms. The number of methoxy groups -OCH3 is 1. The molecule has 5 nitrogen and oxygen atoms in total. The maximum Gasteiger partial charge on any atom is 0.247 e. The normalized spacial score (nSPS) is 24.6. The molecular formula is C29H38N2O3. The highest BCUT2D eigenvalue weighted by molar-refractivity contribution is 5.92. The summed E-state index contributed by atoms with van der Waals surface area (Å²) in [5.41, 5.74) is 2.59. The Kier molecular flexibility index (Phi) is 7.62. The molecule has 182 valence electrons. The first-order chi connectivity index (χ1) is 16.5. The van der Waals surface area contributed by atoms with Crippen molar-refractivity contribution < 1.29 is 14.6 Å². The van der Waals surface area contributed by atoms with E-state index in [2.05, 4.69) is 43.0 Å². The van der Waals surface area contributed by atoms with Gasteiger partial charge in [-0.3, -0.25) is 4.79 Å². The Balaban J connectivity index is 1.62. The third-order valence-corrected chi connectivity index (χ3v) is 7.75.